The van der Waals surface area contributed by atoms with Crippen LogP contribution in [0.25, 0.3) is 0 Å². The first-order chi connectivity index (χ1) is 50.3. The quantitative estimate of drug-likeness (QED) is 0.0297. The molecule has 0 saturated carbocycles. The van der Waals surface area contributed by atoms with Crippen molar-refractivity contribution in [3.8, 4) is 0 Å². The third kappa shape index (κ3) is 20.0. The van der Waals surface area contributed by atoms with E-state index >= 15 is 0 Å². The van der Waals surface area contributed by atoms with Crippen molar-refractivity contribution in [3.63, 3.8) is 0 Å². The maximum Gasteiger partial charge on any atom is 0.364 e. The van der Waals surface area contributed by atoms with Crippen molar-refractivity contribution >= 4 is 41.5 Å². The predicted molar refractivity (Wildman–Crippen MR) is 327 cm³/mol. The topological polar surface area (TPSA) is 785 Å². The molecule has 0 aromatic heterocycles. The van der Waals surface area contributed by atoms with Gasteiger partial charge < -0.3 is 211 Å². The molecular weight excluding hydrogens is 1470 g/mol. The average Bonchev–Trinajstić information content (AvgIpc) is 0.746. The molecule has 616 valence electrons. The molecule has 0 spiro atoms. The number of carbonyl (C=O) groups is 7. The molecule has 7 aliphatic rings. The summed E-state index contributed by atoms with van der Waals surface area (Å²) in [7, 11) is 0. The molecule has 0 radical (unpaired) electrons. The lowest BCUT2D eigenvalue weighted by atomic mass is 9.87. The molecule has 107 heavy (non-hydrogen) atoms. The Labute approximate surface area is 603 Å². The summed E-state index contributed by atoms with van der Waals surface area (Å²) in [6.07, 6.45) is -69.9. The average molecular weight is 1570 g/mol. The summed E-state index contributed by atoms with van der Waals surface area (Å²) in [6.45, 7) is -8.49. The molecule has 7 aliphatic heterocycles. The van der Waals surface area contributed by atoms with Gasteiger partial charge in [-0.1, -0.05) is 0 Å². The number of hydrogen-bond donors (Lipinski definition) is 29. The fourth-order valence-corrected chi connectivity index (χ4v) is 13.3. The number of rotatable bonds is 32. The molecule has 7 saturated heterocycles. The predicted octanol–water partition coefficient (Wildman–Crippen LogP) is -19.2. The van der Waals surface area contributed by atoms with Crippen molar-refractivity contribution in [2.75, 3.05) is 59.5 Å². The van der Waals surface area contributed by atoms with Gasteiger partial charge in [0.25, 0.3) is 11.6 Å². The Morgan fingerprint density at radius 3 is 1.30 bits per heavy atom. The number of aliphatic hydroxyl groups is 22. The van der Waals surface area contributed by atoms with Crippen LogP contribution in [-0.4, -0.2) is 449 Å². The highest BCUT2D eigenvalue weighted by Crippen LogP contribution is 2.42. The normalized spacial score (nSPS) is 43.0. The lowest BCUT2D eigenvalue weighted by Crippen LogP contribution is -2.74. The van der Waals surface area contributed by atoms with Crippen LogP contribution in [-0.2, 0) is 95.1 Å². The second-order valence-electron chi connectivity index (χ2n) is 26.2. The zero-order chi connectivity index (χ0) is 79.8. The van der Waals surface area contributed by atoms with E-state index in [-0.39, 0.29) is 0 Å². The smallest absolute Gasteiger partial charge is 0.364 e. The standard InChI is InChI=1S/C58H95N5O44/c1-15(72)59-31-39(86)36(83)22(8-66)97-51(31)102-44-25(11-69)99-52(33(61-17(3)74)48(44)107-58(56(93)94)5-19(76)30(63-28(80)13-71)47(106-58)35(82)21(78)7-65)104-49-37(84)23(9-67)98-54(42(49)89)101-43-24(10-68)100-53(41(88)40(43)87)103-45-32(60-16(2)73)50(90)96-26(38(45)85)14-95-57(55(91)92)4-18(75)29(62-27(79)12-70)46(105-57)34(81)20(77)6-64/h18-26,29-54,64-71,75-78,81-90H,4-14H2,1-3H3,(H,59,72)(H,60,73)(H,61,74)(H,62,79)(H,63,80)(H,91,92)(H,93,94)/t18-,19-,20+,21+,22+,23+,24+,25+,26+,29+,30+,31+,32+,33+,34+,35+,36-,37-,38-,39+,40+,41+,42+,43-,44-,45+,46+,47+,48+,49-,50?,51-,52-,53-,54-,57+,58-/m0/s1. The Kier molecular flexibility index (Phi) is 32.0. The third-order valence-corrected chi connectivity index (χ3v) is 18.7. The minimum absolute atomic E-state index is 0.820. The molecular formula is C58H95N5O44. The van der Waals surface area contributed by atoms with Crippen molar-refractivity contribution in [3.05, 3.63) is 0 Å². The van der Waals surface area contributed by atoms with Gasteiger partial charge in [0.2, 0.25) is 29.5 Å². The molecule has 5 amide bonds. The van der Waals surface area contributed by atoms with Crippen LogP contribution in [0.1, 0.15) is 33.6 Å². The van der Waals surface area contributed by atoms with Gasteiger partial charge in [0.05, 0.1) is 70.5 Å². The van der Waals surface area contributed by atoms with Crippen LogP contribution in [0, 0.1) is 0 Å². The summed E-state index contributed by atoms with van der Waals surface area (Å²) in [5.74, 6) is -16.5. The minimum atomic E-state index is -3.51. The molecule has 1 unspecified atom stereocenters. The van der Waals surface area contributed by atoms with Gasteiger partial charge in [0, 0.05) is 33.6 Å². The number of nitrogens with one attached hydrogen (secondary N) is 5. The molecule has 29 N–H and O–H groups in total. The summed E-state index contributed by atoms with van der Waals surface area (Å²) in [5.41, 5.74) is 0. The van der Waals surface area contributed by atoms with Gasteiger partial charge in [-0.25, -0.2) is 9.59 Å². The van der Waals surface area contributed by atoms with E-state index in [9.17, 15) is 156 Å². The van der Waals surface area contributed by atoms with Crippen LogP contribution < -0.4 is 26.6 Å². The van der Waals surface area contributed by atoms with Crippen LogP contribution in [0.2, 0.25) is 0 Å². The molecule has 49 nitrogen and oxygen atoms in total. The van der Waals surface area contributed by atoms with Gasteiger partial charge >= 0.3 is 11.9 Å². The SMILES string of the molecule is CC(=O)N[C@H]1[C@H](O[C@@H]2[C@H](O[C@]3(C(=O)O)C[C@H](O)[C@@H](NC(=O)CO)[C@H]([C@H](O)[C@H](O)CO)O3)[C@@H](NC(C)=O)[C@H](O[C@H]3[C@@H](O)[C@@H](CO)O[C@@H](O[C@@H]4[C@H](O)[C@@H](O)[C@H](O[C@H]5[C@@H](O)[C@@H](CO[C@]6(C(=O)O)C[C@H](O)[C@@H](NC(=O)CO)[C@H]([C@H](O)[C@H](O)CO)O6)OC(O)[C@@H]5NC(C)=O)O[C@@H]4CO)[C@@H]3O)O[C@@H]2CO)O[C@H](CO)[C@H](O)[C@@H]1O. The first-order valence-electron chi connectivity index (χ1n) is 33.2. The highest BCUT2D eigenvalue weighted by molar-refractivity contribution is 5.79. The summed E-state index contributed by atoms with van der Waals surface area (Å²) >= 11 is 0. The van der Waals surface area contributed by atoms with E-state index in [0.29, 0.717) is 0 Å². The summed E-state index contributed by atoms with van der Waals surface area (Å²) in [5, 5.41) is 273. The zero-order valence-electron chi connectivity index (χ0n) is 56.9. The molecule has 0 aliphatic carbocycles. The van der Waals surface area contributed by atoms with Crippen molar-refractivity contribution in [1.29, 1.82) is 0 Å². The molecule has 0 bridgehead atoms. The number of hydrogen-bond acceptors (Lipinski definition) is 42. The molecule has 0 aromatic rings. The number of aliphatic hydroxyl groups excluding tert-OH is 22. The second kappa shape index (κ2) is 38.4. The fraction of sp³-hybridized carbons (Fsp3) is 0.879. The van der Waals surface area contributed by atoms with E-state index < -0.39 is 340 Å². The van der Waals surface area contributed by atoms with Crippen LogP contribution in [0.15, 0.2) is 0 Å². The first kappa shape index (κ1) is 89.1. The maximum absolute atomic E-state index is 13.9. The maximum atomic E-state index is 13.9. The van der Waals surface area contributed by atoms with Crippen LogP contribution >= 0.6 is 0 Å². The van der Waals surface area contributed by atoms with E-state index in [4.69, 9.17) is 61.6 Å². The Balaban J connectivity index is 1.20. The lowest BCUT2D eigenvalue weighted by molar-refractivity contribution is -0.395. The van der Waals surface area contributed by atoms with Crippen molar-refractivity contribution in [1.82, 2.24) is 26.6 Å². The monoisotopic (exact) mass is 1570 g/mol. The van der Waals surface area contributed by atoms with Crippen LogP contribution in [0.4, 0.5) is 0 Å². The molecule has 49 heteroatoms. The van der Waals surface area contributed by atoms with E-state index in [1.54, 1.807) is 0 Å². The fourth-order valence-electron chi connectivity index (χ4n) is 13.3. The Morgan fingerprint density at radius 1 is 0.402 bits per heavy atom. The van der Waals surface area contributed by atoms with Crippen LogP contribution in [0.5, 0.6) is 0 Å². The number of carbonyl (C=O) groups excluding carboxylic acids is 5. The van der Waals surface area contributed by atoms with Crippen molar-refractivity contribution in [2.24, 2.45) is 0 Å². The second-order valence-corrected chi connectivity index (χ2v) is 26.2. The lowest BCUT2D eigenvalue weighted by Gasteiger charge is -2.53. The first-order valence-corrected chi connectivity index (χ1v) is 33.2. The molecule has 37 atom stereocenters. The molecule has 7 heterocycles. The minimum Gasteiger partial charge on any atom is -0.477 e. The van der Waals surface area contributed by atoms with E-state index in [1.165, 1.54) is 0 Å². The third-order valence-electron chi connectivity index (χ3n) is 18.7. The van der Waals surface area contributed by atoms with Crippen molar-refractivity contribution < 1.29 is 218 Å². The van der Waals surface area contributed by atoms with E-state index in [2.05, 4.69) is 26.6 Å². The number of ether oxygens (including phenoxy) is 13. The summed E-state index contributed by atoms with van der Waals surface area (Å²) < 4.78 is 76.2. The van der Waals surface area contributed by atoms with Gasteiger partial charge in [0.15, 0.2) is 31.5 Å². The largest absolute Gasteiger partial charge is 0.477 e. The number of carboxylic acids is 2. The Hall–Kier alpha value is -5.11. The zero-order valence-corrected chi connectivity index (χ0v) is 56.9. The van der Waals surface area contributed by atoms with Crippen LogP contribution in [0.3, 0.4) is 0 Å². The Morgan fingerprint density at radius 2 is 0.804 bits per heavy atom. The highest BCUT2D eigenvalue weighted by Gasteiger charge is 2.64. The number of amides is 5. The molecule has 0 aromatic carbocycles. The highest BCUT2D eigenvalue weighted by atomic mass is 16.8. The van der Waals surface area contributed by atoms with E-state index in [0.717, 1.165) is 20.8 Å². The van der Waals surface area contributed by atoms with Gasteiger partial charge in [0.1, 0.15) is 172 Å². The number of aliphatic carboxylic acids is 2. The van der Waals surface area contributed by atoms with Crippen molar-refractivity contribution in [2.45, 2.75) is 259 Å². The number of carboxylic acid groups (broad SMARTS) is 2. The van der Waals surface area contributed by atoms with Gasteiger partial charge in [-0.2, -0.15) is 0 Å². The van der Waals surface area contributed by atoms with Gasteiger partial charge in [-0.05, 0) is 0 Å². The molecule has 7 rings (SSSR count). The van der Waals surface area contributed by atoms with Gasteiger partial charge in [-0.15, -0.1) is 0 Å². The summed E-state index contributed by atoms with van der Waals surface area (Å²) in [4.78, 5) is 90.2. The Bertz CT molecular complexity index is 2940. The summed E-state index contributed by atoms with van der Waals surface area (Å²) in [6, 6.07) is -9.87. The van der Waals surface area contributed by atoms with Gasteiger partial charge in [-0.3, -0.25) is 24.0 Å². The van der Waals surface area contributed by atoms with E-state index in [1.807, 2.05) is 0 Å². The molecule has 7 fully saturated rings.